The molecule has 7 heteroatoms. The highest BCUT2D eigenvalue weighted by Crippen LogP contribution is 2.17. The lowest BCUT2D eigenvalue weighted by Crippen LogP contribution is -2.44. The van der Waals surface area contributed by atoms with E-state index >= 15 is 0 Å². The number of piperidine rings is 1. The molecule has 2 heterocycles. The lowest BCUT2D eigenvalue weighted by Gasteiger charge is -2.32. The van der Waals surface area contributed by atoms with Crippen LogP contribution in [0.3, 0.4) is 0 Å². The van der Waals surface area contributed by atoms with Crippen LogP contribution in [0.5, 0.6) is 11.8 Å². The van der Waals surface area contributed by atoms with Crippen LogP contribution in [-0.4, -0.2) is 47.1 Å². The van der Waals surface area contributed by atoms with E-state index < -0.39 is 5.82 Å². The molecule has 0 radical (unpaired) electrons. The number of amides is 1. The third-order valence-corrected chi connectivity index (χ3v) is 4.39. The van der Waals surface area contributed by atoms with Crippen molar-refractivity contribution in [1.29, 1.82) is 0 Å². The summed E-state index contributed by atoms with van der Waals surface area (Å²) in [5.74, 6) is 0.407. The molecular weight excluding hydrogens is 337 g/mol. The molecule has 1 aromatic carbocycles. The Morgan fingerprint density at radius 3 is 2.69 bits per heavy atom. The summed E-state index contributed by atoms with van der Waals surface area (Å²) in [6, 6.07) is 7.88. The van der Waals surface area contributed by atoms with Crippen LogP contribution in [0, 0.1) is 5.82 Å². The number of halogens is 1. The number of rotatable bonds is 6. The highest BCUT2D eigenvalue weighted by Gasteiger charge is 2.25. The van der Waals surface area contributed by atoms with Gasteiger partial charge in [-0.15, -0.1) is 0 Å². The summed E-state index contributed by atoms with van der Waals surface area (Å²) in [6.07, 6.45) is 4.80. The van der Waals surface area contributed by atoms with E-state index in [1.165, 1.54) is 0 Å². The second-order valence-corrected chi connectivity index (χ2v) is 6.25. The molecule has 26 heavy (non-hydrogen) atoms. The first kappa shape index (κ1) is 18.1. The van der Waals surface area contributed by atoms with Gasteiger partial charge in [-0.2, -0.15) is 0 Å². The first-order valence-corrected chi connectivity index (χ1v) is 8.69. The summed E-state index contributed by atoms with van der Waals surface area (Å²) in [4.78, 5) is 21.9. The number of nitrogens with zero attached hydrogens (tertiary/aromatic N) is 3. The molecule has 1 unspecified atom stereocenters. The molecule has 3 rings (SSSR count). The Morgan fingerprint density at radius 1 is 1.27 bits per heavy atom. The molecule has 1 aromatic heterocycles. The van der Waals surface area contributed by atoms with Gasteiger partial charge in [0.15, 0.2) is 5.82 Å². The molecule has 1 aliphatic heterocycles. The zero-order valence-electron chi connectivity index (χ0n) is 14.7. The first-order chi connectivity index (χ1) is 12.6. The maximum absolute atomic E-state index is 12.9. The second kappa shape index (κ2) is 8.60. The van der Waals surface area contributed by atoms with Crippen molar-refractivity contribution in [3.05, 3.63) is 48.0 Å². The van der Waals surface area contributed by atoms with E-state index in [-0.39, 0.29) is 18.0 Å². The molecular formula is C19H22FN3O3. The van der Waals surface area contributed by atoms with Gasteiger partial charge in [0.2, 0.25) is 5.91 Å². The van der Waals surface area contributed by atoms with Crippen molar-refractivity contribution < 1.29 is 18.7 Å². The summed E-state index contributed by atoms with van der Waals surface area (Å²) in [7, 11) is 1.63. The van der Waals surface area contributed by atoms with Gasteiger partial charge in [-0.3, -0.25) is 4.79 Å². The Labute approximate surface area is 152 Å². The maximum atomic E-state index is 12.9. The summed E-state index contributed by atoms with van der Waals surface area (Å²) in [5, 5.41) is 0. The topological polar surface area (TPSA) is 64.5 Å². The number of aromatic nitrogens is 2. The van der Waals surface area contributed by atoms with Gasteiger partial charge in [0.25, 0.3) is 0 Å². The van der Waals surface area contributed by atoms with Crippen molar-refractivity contribution in [2.75, 3.05) is 20.2 Å². The minimum Gasteiger partial charge on any atom is -0.497 e. The fourth-order valence-corrected chi connectivity index (χ4v) is 2.97. The molecule has 0 spiro atoms. The average Bonchev–Trinajstić information content (AvgIpc) is 2.68. The maximum Gasteiger partial charge on any atom is 0.316 e. The van der Waals surface area contributed by atoms with Crippen molar-refractivity contribution in [2.45, 2.75) is 31.8 Å². The predicted octanol–water partition coefficient (Wildman–Crippen LogP) is 2.63. The molecule has 0 saturated carbocycles. The van der Waals surface area contributed by atoms with E-state index in [4.69, 9.17) is 9.47 Å². The smallest absolute Gasteiger partial charge is 0.316 e. The van der Waals surface area contributed by atoms with Crippen molar-refractivity contribution in [3.8, 4) is 11.8 Å². The summed E-state index contributed by atoms with van der Waals surface area (Å²) < 4.78 is 23.7. The van der Waals surface area contributed by atoms with Crippen LogP contribution in [-0.2, 0) is 11.2 Å². The molecule has 1 aliphatic rings. The van der Waals surface area contributed by atoms with Gasteiger partial charge in [0.05, 0.1) is 26.0 Å². The van der Waals surface area contributed by atoms with Gasteiger partial charge in [-0.1, -0.05) is 12.1 Å². The number of likely N-dealkylation sites (tertiary alicyclic amines) is 1. The predicted molar refractivity (Wildman–Crippen MR) is 93.5 cm³/mol. The van der Waals surface area contributed by atoms with Crippen LogP contribution in [0.1, 0.15) is 24.8 Å². The minimum atomic E-state index is -0.503. The number of carbonyl (C=O) groups excluding carboxylic acids is 1. The first-order valence-electron chi connectivity index (χ1n) is 8.69. The van der Waals surface area contributed by atoms with Crippen LogP contribution in [0.2, 0.25) is 0 Å². The van der Waals surface area contributed by atoms with Crippen LogP contribution in [0.25, 0.3) is 0 Å². The summed E-state index contributed by atoms with van der Waals surface area (Å²) in [6.45, 7) is 1.23. The van der Waals surface area contributed by atoms with Crippen molar-refractivity contribution in [1.82, 2.24) is 14.9 Å². The van der Waals surface area contributed by atoms with Crippen LogP contribution in [0.15, 0.2) is 36.7 Å². The molecule has 1 fully saturated rings. The number of methoxy groups -OCH3 is 1. The highest BCUT2D eigenvalue weighted by atomic mass is 19.1. The number of carbonyl (C=O) groups is 1. The molecule has 138 valence electrons. The highest BCUT2D eigenvalue weighted by molar-refractivity contribution is 5.76. The largest absolute Gasteiger partial charge is 0.497 e. The van der Waals surface area contributed by atoms with Crippen LogP contribution in [0.4, 0.5) is 4.39 Å². The lowest BCUT2D eigenvalue weighted by molar-refractivity contribution is -0.133. The number of hydrogen-bond donors (Lipinski definition) is 0. The van der Waals surface area contributed by atoms with Gasteiger partial charge in [-0.05, 0) is 37.0 Å². The molecule has 2 aromatic rings. The molecule has 0 bridgehead atoms. The molecule has 1 amide bonds. The molecule has 0 aliphatic carbocycles. The van der Waals surface area contributed by atoms with Gasteiger partial charge < -0.3 is 14.4 Å². The fourth-order valence-electron chi connectivity index (χ4n) is 2.97. The normalized spacial score (nSPS) is 17.0. The Bertz CT molecular complexity index is 722. The Morgan fingerprint density at radius 2 is 2.00 bits per heavy atom. The average molecular weight is 359 g/mol. The number of hydrogen-bond acceptors (Lipinski definition) is 5. The Hall–Kier alpha value is -2.70. The quantitative estimate of drug-likeness (QED) is 0.793. The van der Waals surface area contributed by atoms with Crippen molar-refractivity contribution >= 4 is 5.91 Å². The third-order valence-electron chi connectivity index (χ3n) is 4.39. The van der Waals surface area contributed by atoms with Gasteiger partial charge in [-0.25, -0.2) is 14.4 Å². The van der Waals surface area contributed by atoms with Gasteiger partial charge in [0, 0.05) is 13.0 Å². The monoisotopic (exact) mass is 359 g/mol. The van der Waals surface area contributed by atoms with Crippen LogP contribution >= 0.6 is 0 Å². The fraction of sp³-hybridized carbons (Fsp3) is 0.421. The van der Waals surface area contributed by atoms with Gasteiger partial charge in [0.1, 0.15) is 11.9 Å². The summed E-state index contributed by atoms with van der Waals surface area (Å²) >= 11 is 0. The third kappa shape index (κ3) is 4.91. The molecule has 1 atom stereocenters. The lowest BCUT2D eigenvalue weighted by atomic mass is 10.1. The van der Waals surface area contributed by atoms with Crippen molar-refractivity contribution in [3.63, 3.8) is 0 Å². The van der Waals surface area contributed by atoms with E-state index in [0.29, 0.717) is 19.4 Å². The van der Waals surface area contributed by atoms with E-state index in [1.54, 1.807) is 7.11 Å². The zero-order valence-corrected chi connectivity index (χ0v) is 14.7. The Kier molecular flexibility index (Phi) is 5.99. The standard InChI is InChI=1S/C19H22FN3O3/c1-25-16-7-4-14(5-8-16)6-9-18(24)23-10-2-3-17(13-23)26-19-21-11-15(20)12-22-19/h4-5,7-8,11-12,17H,2-3,6,9-10,13H2,1H3. The number of ether oxygens (including phenoxy) is 2. The van der Waals surface area contributed by atoms with E-state index in [9.17, 15) is 9.18 Å². The molecule has 6 nitrogen and oxygen atoms in total. The SMILES string of the molecule is COc1ccc(CCC(=O)N2CCCC(Oc3ncc(F)cn3)C2)cc1. The molecule has 0 N–H and O–H groups in total. The van der Waals surface area contributed by atoms with E-state index in [0.717, 1.165) is 43.1 Å². The van der Waals surface area contributed by atoms with Crippen LogP contribution < -0.4 is 9.47 Å². The van der Waals surface area contributed by atoms with Crippen molar-refractivity contribution in [2.24, 2.45) is 0 Å². The zero-order chi connectivity index (χ0) is 18.4. The number of benzene rings is 1. The van der Waals surface area contributed by atoms with E-state index in [1.807, 2.05) is 29.2 Å². The number of aryl methyl sites for hydroxylation is 1. The van der Waals surface area contributed by atoms with E-state index in [2.05, 4.69) is 9.97 Å². The second-order valence-electron chi connectivity index (χ2n) is 6.25. The minimum absolute atomic E-state index is 0.106. The Balaban J connectivity index is 1.49. The van der Waals surface area contributed by atoms with Gasteiger partial charge >= 0.3 is 6.01 Å². The molecule has 1 saturated heterocycles. The summed E-state index contributed by atoms with van der Waals surface area (Å²) in [5.41, 5.74) is 1.10.